The Morgan fingerprint density at radius 3 is 2.61 bits per heavy atom. The van der Waals surface area contributed by atoms with Crippen LogP contribution in [-0.2, 0) is 6.54 Å². The molecule has 5 rings (SSSR count). The highest BCUT2D eigenvalue weighted by molar-refractivity contribution is 5.92. The predicted octanol–water partition coefficient (Wildman–Crippen LogP) is 2.17. The number of H-pyrrole nitrogens is 1. The fraction of sp³-hybridized carbons (Fsp3) is 0.304. The average Bonchev–Trinajstić information content (AvgIpc) is 3.36. The first-order valence-corrected chi connectivity index (χ1v) is 11.2. The molecule has 1 fully saturated rings. The zero-order valence-electron chi connectivity index (χ0n) is 18.8. The van der Waals surface area contributed by atoms with Crippen LogP contribution >= 0.6 is 0 Å². The summed E-state index contributed by atoms with van der Waals surface area (Å²) in [5.41, 5.74) is 0.315. The number of imidazole rings is 1. The van der Waals surface area contributed by atoms with Gasteiger partial charge in [0.2, 0.25) is 5.95 Å². The smallest absolute Gasteiger partial charge is 0.331 e. The van der Waals surface area contributed by atoms with Gasteiger partial charge in [0.05, 0.1) is 17.7 Å². The molecule has 1 aliphatic rings. The number of aromatic nitrogens is 4. The largest absolute Gasteiger partial charge is 0.365 e. The number of hydrogen-bond donors (Lipinski definition) is 2. The number of anilines is 1. The Balaban J connectivity index is 1.26. The molecule has 13 heteroatoms. The summed E-state index contributed by atoms with van der Waals surface area (Å²) in [5.74, 6) is -2.27. The number of fused-ring (bicyclic) bond motifs is 3. The summed E-state index contributed by atoms with van der Waals surface area (Å²) >= 11 is 0. The summed E-state index contributed by atoms with van der Waals surface area (Å²) in [6, 6.07) is 6.07. The molecule has 3 aromatic heterocycles. The van der Waals surface area contributed by atoms with Gasteiger partial charge in [-0.25, -0.2) is 27.9 Å². The second-order valence-electron chi connectivity index (χ2n) is 8.38. The Morgan fingerprint density at radius 1 is 1.11 bits per heavy atom. The number of pyridine rings is 1. The summed E-state index contributed by atoms with van der Waals surface area (Å²) in [5, 5.41) is 2.49. The van der Waals surface area contributed by atoms with Crippen LogP contribution in [0.3, 0.4) is 0 Å². The van der Waals surface area contributed by atoms with Crippen molar-refractivity contribution in [3.8, 4) is 0 Å². The van der Waals surface area contributed by atoms with E-state index < -0.39 is 36.3 Å². The first-order chi connectivity index (χ1) is 17.3. The van der Waals surface area contributed by atoms with Gasteiger partial charge in [-0.2, -0.15) is 4.39 Å². The van der Waals surface area contributed by atoms with Crippen LogP contribution in [0.15, 0.2) is 41.5 Å². The van der Waals surface area contributed by atoms with E-state index in [1.807, 2.05) is 10.2 Å². The molecule has 0 radical (unpaired) electrons. The molecule has 0 saturated carbocycles. The maximum Gasteiger partial charge on any atom is 0.331 e. The quantitative estimate of drug-likeness (QED) is 0.309. The molecule has 1 aliphatic heterocycles. The second kappa shape index (κ2) is 9.57. The van der Waals surface area contributed by atoms with Crippen molar-refractivity contribution in [3.63, 3.8) is 0 Å². The Kier molecular flexibility index (Phi) is 6.31. The predicted molar refractivity (Wildman–Crippen MR) is 123 cm³/mol. The minimum absolute atomic E-state index is 0.0978. The summed E-state index contributed by atoms with van der Waals surface area (Å²) < 4.78 is 55.7. The van der Waals surface area contributed by atoms with Crippen molar-refractivity contribution in [1.29, 1.82) is 0 Å². The monoisotopic (exact) mass is 503 g/mol. The van der Waals surface area contributed by atoms with E-state index >= 15 is 4.39 Å². The van der Waals surface area contributed by atoms with Crippen LogP contribution in [0.4, 0.5) is 23.2 Å². The lowest BCUT2D eigenvalue weighted by Gasteiger charge is -2.36. The van der Waals surface area contributed by atoms with E-state index in [4.69, 9.17) is 0 Å². The Morgan fingerprint density at radius 2 is 1.89 bits per heavy atom. The molecule has 9 nitrogen and oxygen atoms in total. The highest BCUT2D eigenvalue weighted by atomic mass is 19.3. The lowest BCUT2D eigenvalue weighted by molar-refractivity contribution is 0.0886. The average molecular weight is 503 g/mol. The zero-order valence-corrected chi connectivity index (χ0v) is 18.8. The summed E-state index contributed by atoms with van der Waals surface area (Å²) in [7, 11) is 0. The van der Waals surface area contributed by atoms with E-state index in [9.17, 15) is 22.8 Å². The Bertz CT molecular complexity index is 1500. The van der Waals surface area contributed by atoms with Crippen LogP contribution in [0.1, 0.15) is 16.1 Å². The number of aromatic amines is 1. The van der Waals surface area contributed by atoms with E-state index in [1.165, 1.54) is 28.9 Å². The number of amides is 1. The van der Waals surface area contributed by atoms with Crippen LogP contribution in [0.25, 0.3) is 16.6 Å². The normalized spacial score (nSPS) is 14.8. The van der Waals surface area contributed by atoms with Gasteiger partial charge in [0.15, 0.2) is 5.82 Å². The van der Waals surface area contributed by atoms with E-state index in [0.717, 1.165) is 0 Å². The van der Waals surface area contributed by atoms with Gasteiger partial charge in [-0.15, -0.1) is 0 Å². The molecule has 0 atom stereocenters. The number of carbonyl (C=O) groups is 1. The minimum Gasteiger partial charge on any atom is -0.365 e. The van der Waals surface area contributed by atoms with Gasteiger partial charge in [0, 0.05) is 56.1 Å². The van der Waals surface area contributed by atoms with E-state index in [0.29, 0.717) is 49.3 Å². The highest BCUT2D eigenvalue weighted by Crippen LogP contribution is 2.24. The number of nitrogens with one attached hydrogen (secondary N) is 2. The fourth-order valence-electron chi connectivity index (χ4n) is 4.32. The van der Waals surface area contributed by atoms with Crippen LogP contribution in [0.2, 0.25) is 0 Å². The molecule has 36 heavy (non-hydrogen) atoms. The van der Waals surface area contributed by atoms with Crippen LogP contribution in [-0.4, -0.2) is 69.3 Å². The molecule has 4 aromatic rings. The third-order valence-electron chi connectivity index (χ3n) is 6.14. The van der Waals surface area contributed by atoms with E-state index in [2.05, 4.69) is 15.0 Å². The Hall–Kier alpha value is -4.00. The molecule has 1 amide bonds. The SMILES string of the molecule is O=C(NCC(F)F)c1ccc(N2CCN(Cc3ccc4c([nH]c(=O)n5ccnc45)c3F)CC2)c(F)n1. The van der Waals surface area contributed by atoms with Crippen LogP contribution < -0.4 is 15.9 Å². The van der Waals surface area contributed by atoms with Crippen molar-refractivity contribution in [2.45, 2.75) is 13.0 Å². The number of benzene rings is 1. The standard InChI is InChI=1S/C23H21F4N7O2/c24-17(25)11-29-22(35)15-3-4-16(20(27)30-15)33-9-7-32(8-10-33)12-13-1-2-14-19(18(13)26)31-23(36)34-6-5-28-21(14)34/h1-6,17H,7-12H2,(H,29,35)(H,31,36). The van der Waals surface area contributed by atoms with Crippen molar-refractivity contribution in [2.75, 3.05) is 37.6 Å². The molecule has 2 N–H and O–H groups in total. The third-order valence-corrected chi connectivity index (χ3v) is 6.14. The number of hydrogen-bond acceptors (Lipinski definition) is 6. The van der Waals surface area contributed by atoms with Crippen LogP contribution in [0.5, 0.6) is 0 Å². The molecule has 0 aliphatic carbocycles. The first kappa shape index (κ1) is 23.7. The van der Waals surface area contributed by atoms with Gasteiger partial charge in [-0.05, 0) is 18.2 Å². The van der Waals surface area contributed by atoms with Crippen molar-refractivity contribution in [3.05, 3.63) is 70.2 Å². The molecule has 0 bridgehead atoms. The lowest BCUT2D eigenvalue weighted by atomic mass is 10.1. The first-order valence-electron chi connectivity index (χ1n) is 11.2. The molecule has 1 saturated heterocycles. The number of halogens is 4. The van der Waals surface area contributed by atoms with Gasteiger partial charge in [0.25, 0.3) is 12.3 Å². The van der Waals surface area contributed by atoms with Gasteiger partial charge < -0.3 is 15.2 Å². The lowest BCUT2D eigenvalue weighted by Crippen LogP contribution is -2.46. The van der Waals surface area contributed by atoms with Gasteiger partial charge >= 0.3 is 5.69 Å². The third kappa shape index (κ3) is 4.49. The van der Waals surface area contributed by atoms with E-state index in [-0.39, 0.29) is 16.9 Å². The minimum atomic E-state index is -2.72. The van der Waals surface area contributed by atoms with Crippen molar-refractivity contribution in [1.82, 2.24) is 29.6 Å². The molecular formula is C23H21F4N7O2. The highest BCUT2D eigenvalue weighted by Gasteiger charge is 2.23. The number of alkyl halides is 2. The summed E-state index contributed by atoms with van der Waals surface area (Å²) in [4.78, 5) is 38.1. The Labute approximate surface area is 201 Å². The van der Waals surface area contributed by atoms with Gasteiger partial charge in [-0.3, -0.25) is 14.1 Å². The van der Waals surface area contributed by atoms with Crippen molar-refractivity contribution in [2.24, 2.45) is 0 Å². The van der Waals surface area contributed by atoms with Gasteiger partial charge in [-0.1, -0.05) is 6.07 Å². The molecular weight excluding hydrogens is 482 g/mol. The summed E-state index contributed by atoms with van der Waals surface area (Å²) in [6.07, 6.45) is 0.267. The maximum absolute atomic E-state index is 15.3. The summed E-state index contributed by atoms with van der Waals surface area (Å²) in [6.45, 7) is 1.31. The zero-order chi connectivity index (χ0) is 25.4. The molecule has 1 aromatic carbocycles. The van der Waals surface area contributed by atoms with Crippen LogP contribution in [0, 0.1) is 11.8 Å². The molecule has 0 unspecified atom stereocenters. The molecule has 0 spiro atoms. The number of nitrogens with zero attached hydrogens (tertiary/aromatic N) is 5. The molecule has 188 valence electrons. The van der Waals surface area contributed by atoms with Crippen molar-refractivity contribution >= 4 is 28.1 Å². The van der Waals surface area contributed by atoms with Crippen molar-refractivity contribution < 1.29 is 22.4 Å². The molecule has 4 heterocycles. The second-order valence-corrected chi connectivity index (χ2v) is 8.38. The number of rotatable bonds is 6. The number of piperazine rings is 1. The maximum atomic E-state index is 15.3. The number of carbonyl (C=O) groups excluding carboxylic acids is 1. The fourth-order valence-corrected chi connectivity index (χ4v) is 4.32. The topological polar surface area (TPSA) is 98.6 Å². The van der Waals surface area contributed by atoms with E-state index in [1.54, 1.807) is 17.0 Å². The van der Waals surface area contributed by atoms with Gasteiger partial charge in [0.1, 0.15) is 11.3 Å².